The molecule has 0 aliphatic heterocycles. The topological polar surface area (TPSA) is 113 Å². The van der Waals surface area contributed by atoms with Crippen LogP contribution in [-0.2, 0) is 47.4 Å². The Morgan fingerprint density at radius 3 is 1.16 bits per heavy atom. The number of nitrogens with zero attached hydrogens (tertiary/aromatic N) is 1. The van der Waals surface area contributed by atoms with Crippen LogP contribution < -0.4 is 0 Å². The van der Waals surface area contributed by atoms with Crippen molar-refractivity contribution in [3.63, 3.8) is 0 Å². The van der Waals surface area contributed by atoms with Gasteiger partial charge in [0.15, 0.2) is 0 Å². The molecule has 0 saturated carbocycles. The summed E-state index contributed by atoms with van der Waals surface area (Å²) >= 11 is 0. The Labute approximate surface area is 228 Å². The van der Waals surface area contributed by atoms with Gasteiger partial charge in [0.2, 0.25) is 0 Å². The Hall–Kier alpha value is -1.51. The molecule has 0 unspecified atom stereocenters. The predicted octanol–water partition coefficient (Wildman–Crippen LogP) is 2.15. The lowest BCUT2D eigenvalue weighted by Gasteiger charge is -2.24. The second-order valence-electron chi connectivity index (χ2n) is 8.84. The number of hydrogen-bond acceptors (Lipinski definition) is 11. The number of amides is 1. The fraction of sp³-hybridized carbons (Fsp3) is 0.885. The smallest absolute Gasteiger partial charge is 0.410 e. The van der Waals surface area contributed by atoms with Gasteiger partial charge in [0.05, 0.1) is 112 Å². The van der Waals surface area contributed by atoms with Gasteiger partial charge in [-0.1, -0.05) is 6.58 Å². The highest BCUT2D eigenvalue weighted by molar-refractivity contribution is 5.67. The molecule has 12 nitrogen and oxygen atoms in total. The minimum absolute atomic E-state index is 0.362. The lowest BCUT2D eigenvalue weighted by molar-refractivity contribution is -0.0243. The summed E-state index contributed by atoms with van der Waals surface area (Å²) in [6, 6.07) is 0. The van der Waals surface area contributed by atoms with Crippen LogP contribution in [0.3, 0.4) is 0 Å². The Kier molecular flexibility index (Phi) is 26.0. The third kappa shape index (κ3) is 29.1. The van der Waals surface area contributed by atoms with Crippen LogP contribution in [0.25, 0.3) is 0 Å². The molecule has 0 fully saturated rings. The van der Waals surface area contributed by atoms with E-state index in [4.69, 9.17) is 47.4 Å². The van der Waals surface area contributed by atoms with Crippen molar-refractivity contribution in [3.05, 3.63) is 12.8 Å². The standard InChI is InChI=1S/C26H51NO11/c1-6-29-9-10-31-13-14-33-17-18-35-21-22-37-24-23-36-20-19-34-16-15-32-12-11-30-8-7-27(5)25(28)38-26(2,3)4/h6H,1,7-24H2,2-5H3. The van der Waals surface area contributed by atoms with Crippen molar-refractivity contribution in [2.45, 2.75) is 26.4 Å². The molecule has 0 bridgehead atoms. The number of carbonyl (C=O) groups is 1. The summed E-state index contributed by atoms with van der Waals surface area (Å²) in [6.45, 7) is 17.8. The summed E-state index contributed by atoms with van der Waals surface area (Å²) in [5.74, 6) is 0. The van der Waals surface area contributed by atoms with Crippen molar-refractivity contribution in [3.8, 4) is 0 Å². The zero-order valence-corrected chi connectivity index (χ0v) is 24.0. The summed E-state index contributed by atoms with van der Waals surface area (Å²) < 4.78 is 53.6. The summed E-state index contributed by atoms with van der Waals surface area (Å²) in [5.41, 5.74) is -0.505. The maximum Gasteiger partial charge on any atom is 0.410 e. The van der Waals surface area contributed by atoms with Gasteiger partial charge in [0.25, 0.3) is 0 Å². The van der Waals surface area contributed by atoms with E-state index >= 15 is 0 Å². The van der Waals surface area contributed by atoms with Crippen LogP contribution in [0.5, 0.6) is 0 Å². The SMILES string of the molecule is C=COCCOCCOCCOCCOCCOCCOCCOCCOCCN(C)C(=O)OC(C)(C)C. The number of carbonyl (C=O) groups excluding carboxylic acids is 1. The van der Waals surface area contributed by atoms with Crippen LogP contribution >= 0.6 is 0 Å². The summed E-state index contributed by atoms with van der Waals surface area (Å²) in [4.78, 5) is 13.3. The number of hydrogen-bond donors (Lipinski definition) is 0. The van der Waals surface area contributed by atoms with Crippen molar-refractivity contribution in [2.24, 2.45) is 0 Å². The molecule has 0 heterocycles. The van der Waals surface area contributed by atoms with Gasteiger partial charge in [-0.3, -0.25) is 0 Å². The molecular weight excluding hydrogens is 502 g/mol. The van der Waals surface area contributed by atoms with E-state index in [1.807, 2.05) is 20.8 Å². The number of ether oxygens (including phenoxy) is 10. The summed E-state index contributed by atoms with van der Waals surface area (Å²) in [7, 11) is 1.68. The van der Waals surface area contributed by atoms with Gasteiger partial charge in [-0.15, -0.1) is 0 Å². The number of rotatable bonds is 28. The monoisotopic (exact) mass is 553 g/mol. The first kappa shape index (κ1) is 36.5. The predicted molar refractivity (Wildman–Crippen MR) is 142 cm³/mol. The summed E-state index contributed by atoms with van der Waals surface area (Å²) in [6.07, 6.45) is 1.03. The third-order valence-corrected chi connectivity index (χ3v) is 4.34. The zero-order chi connectivity index (χ0) is 28.2. The molecule has 0 N–H and O–H groups in total. The number of likely N-dealkylation sites (N-methyl/N-ethyl adjacent to an activating group) is 1. The van der Waals surface area contributed by atoms with E-state index in [1.165, 1.54) is 11.2 Å². The molecule has 0 rings (SSSR count). The van der Waals surface area contributed by atoms with E-state index in [0.717, 1.165) is 0 Å². The summed E-state index contributed by atoms with van der Waals surface area (Å²) in [5, 5.41) is 0. The quantitative estimate of drug-likeness (QED) is 0.105. The molecule has 0 aromatic heterocycles. The molecule has 0 aromatic rings. The van der Waals surface area contributed by atoms with E-state index in [-0.39, 0.29) is 6.09 Å². The Balaban J connectivity index is 3.17. The van der Waals surface area contributed by atoms with Crippen LogP contribution in [0, 0.1) is 0 Å². The van der Waals surface area contributed by atoms with E-state index in [9.17, 15) is 4.79 Å². The first-order valence-electron chi connectivity index (χ1n) is 13.2. The van der Waals surface area contributed by atoms with E-state index < -0.39 is 5.60 Å². The lowest BCUT2D eigenvalue weighted by Crippen LogP contribution is -2.36. The Morgan fingerprint density at radius 1 is 0.579 bits per heavy atom. The molecule has 38 heavy (non-hydrogen) atoms. The maximum absolute atomic E-state index is 11.8. The van der Waals surface area contributed by atoms with Crippen molar-refractivity contribution in [2.75, 3.05) is 126 Å². The molecule has 12 heteroatoms. The maximum atomic E-state index is 11.8. The molecule has 0 spiro atoms. The van der Waals surface area contributed by atoms with Gasteiger partial charge in [0.1, 0.15) is 12.2 Å². The van der Waals surface area contributed by atoms with Crippen LogP contribution in [0.15, 0.2) is 12.8 Å². The molecule has 0 atom stereocenters. The average molecular weight is 554 g/mol. The Bertz CT molecular complexity index is 532. The molecular formula is C26H51NO11. The minimum Gasteiger partial charge on any atom is -0.499 e. The van der Waals surface area contributed by atoms with Crippen LogP contribution in [0.2, 0.25) is 0 Å². The van der Waals surface area contributed by atoms with E-state index in [0.29, 0.717) is 119 Å². The highest BCUT2D eigenvalue weighted by atomic mass is 16.6. The van der Waals surface area contributed by atoms with E-state index in [2.05, 4.69) is 6.58 Å². The molecule has 0 aromatic carbocycles. The third-order valence-electron chi connectivity index (χ3n) is 4.34. The van der Waals surface area contributed by atoms with Crippen LogP contribution in [0.1, 0.15) is 20.8 Å². The molecule has 0 aliphatic rings. The van der Waals surface area contributed by atoms with Gasteiger partial charge >= 0.3 is 6.09 Å². The second kappa shape index (κ2) is 27.1. The van der Waals surface area contributed by atoms with Gasteiger partial charge in [-0.25, -0.2) is 4.79 Å². The molecule has 226 valence electrons. The molecule has 0 aliphatic carbocycles. The van der Waals surface area contributed by atoms with Crippen molar-refractivity contribution in [1.82, 2.24) is 4.90 Å². The van der Waals surface area contributed by atoms with Gasteiger partial charge < -0.3 is 52.3 Å². The van der Waals surface area contributed by atoms with Gasteiger partial charge in [-0.05, 0) is 20.8 Å². The average Bonchev–Trinajstić information content (AvgIpc) is 2.87. The van der Waals surface area contributed by atoms with Crippen molar-refractivity contribution < 1.29 is 52.2 Å². The molecule has 0 saturated heterocycles. The normalized spacial score (nSPS) is 11.5. The fourth-order valence-electron chi connectivity index (χ4n) is 2.46. The van der Waals surface area contributed by atoms with E-state index in [1.54, 1.807) is 7.05 Å². The first-order chi connectivity index (χ1) is 18.4. The minimum atomic E-state index is -0.505. The zero-order valence-electron chi connectivity index (χ0n) is 24.0. The fourth-order valence-corrected chi connectivity index (χ4v) is 2.46. The second-order valence-corrected chi connectivity index (χ2v) is 8.84. The molecule has 0 radical (unpaired) electrons. The molecule has 1 amide bonds. The van der Waals surface area contributed by atoms with Gasteiger partial charge in [-0.2, -0.15) is 0 Å². The Morgan fingerprint density at radius 2 is 0.868 bits per heavy atom. The lowest BCUT2D eigenvalue weighted by atomic mass is 10.2. The van der Waals surface area contributed by atoms with Crippen molar-refractivity contribution >= 4 is 6.09 Å². The van der Waals surface area contributed by atoms with Gasteiger partial charge in [0, 0.05) is 13.6 Å². The van der Waals surface area contributed by atoms with Crippen LogP contribution in [-0.4, -0.2) is 143 Å². The largest absolute Gasteiger partial charge is 0.499 e. The first-order valence-corrected chi connectivity index (χ1v) is 13.2. The highest BCUT2D eigenvalue weighted by Crippen LogP contribution is 2.08. The van der Waals surface area contributed by atoms with Crippen molar-refractivity contribution in [1.29, 1.82) is 0 Å². The van der Waals surface area contributed by atoms with Crippen LogP contribution in [0.4, 0.5) is 4.79 Å². The highest BCUT2D eigenvalue weighted by Gasteiger charge is 2.19.